The van der Waals surface area contributed by atoms with Crippen molar-refractivity contribution in [2.24, 2.45) is 5.73 Å². The van der Waals surface area contributed by atoms with E-state index >= 15 is 0 Å². The van der Waals surface area contributed by atoms with Crippen molar-refractivity contribution in [1.82, 2.24) is 0 Å². The Hall–Kier alpha value is -1.55. The summed E-state index contributed by atoms with van der Waals surface area (Å²) < 4.78 is 5.48. The molecule has 0 bridgehead atoms. The van der Waals surface area contributed by atoms with Crippen LogP contribution in [0.25, 0.3) is 0 Å². The Bertz CT molecular complexity index is 373. The van der Waals surface area contributed by atoms with E-state index in [4.69, 9.17) is 10.5 Å². The highest BCUT2D eigenvalue weighted by Gasteiger charge is 2.14. The number of carbonyl (C=O) groups is 1. The van der Waals surface area contributed by atoms with Crippen molar-refractivity contribution in [3.8, 4) is 5.75 Å². The minimum absolute atomic E-state index is 0.291. The van der Waals surface area contributed by atoms with Crippen molar-refractivity contribution in [3.63, 3.8) is 0 Å². The van der Waals surface area contributed by atoms with E-state index in [1.54, 1.807) is 6.92 Å². The first-order valence-electron chi connectivity index (χ1n) is 6.26. The van der Waals surface area contributed by atoms with Gasteiger partial charge in [-0.15, -0.1) is 0 Å². The number of aliphatic hydroxyl groups excluding tert-OH is 1. The van der Waals surface area contributed by atoms with Crippen LogP contribution in [-0.2, 0) is 11.2 Å². The number of aliphatic hydroxyl groups is 1. The van der Waals surface area contributed by atoms with Crippen molar-refractivity contribution in [3.05, 3.63) is 29.8 Å². The highest BCUT2D eigenvalue weighted by atomic mass is 16.5. The van der Waals surface area contributed by atoms with Gasteiger partial charge in [0.2, 0.25) is 0 Å². The Morgan fingerprint density at radius 3 is 2.44 bits per heavy atom. The molecule has 0 aliphatic heterocycles. The molecule has 2 atom stereocenters. The van der Waals surface area contributed by atoms with Crippen LogP contribution in [-0.4, -0.2) is 23.2 Å². The Kier molecular flexibility index (Phi) is 5.65. The predicted molar refractivity (Wildman–Crippen MR) is 70.3 cm³/mol. The van der Waals surface area contributed by atoms with Crippen molar-refractivity contribution in [2.75, 3.05) is 0 Å². The molecule has 1 rings (SSSR count). The van der Waals surface area contributed by atoms with E-state index < -0.39 is 12.0 Å². The van der Waals surface area contributed by atoms with E-state index in [0.29, 0.717) is 12.2 Å². The van der Waals surface area contributed by atoms with E-state index in [1.807, 2.05) is 31.2 Å². The monoisotopic (exact) mass is 251 g/mol. The van der Waals surface area contributed by atoms with Crippen molar-refractivity contribution >= 4 is 5.91 Å². The Labute approximate surface area is 108 Å². The van der Waals surface area contributed by atoms with Gasteiger partial charge >= 0.3 is 0 Å². The number of rotatable bonds is 7. The van der Waals surface area contributed by atoms with Crippen molar-refractivity contribution in [1.29, 1.82) is 0 Å². The Balaban J connectivity index is 2.57. The molecular formula is C14H21NO3. The van der Waals surface area contributed by atoms with Crippen LogP contribution in [0.5, 0.6) is 5.75 Å². The van der Waals surface area contributed by atoms with E-state index in [-0.39, 0.29) is 6.10 Å². The van der Waals surface area contributed by atoms with Crippen LogP contribution in [0.2, 0.25) is 0 Å². The molecule has 0 spiro atoms. The van der Waals surface area contributed by atoms with Gasteiger partial charge in [0.05, 0.1) is 6.10 Å². The summed E-state index contributed by atoms with van der Waals surface area (Å²) in [6, 6.07) is 7.52. The summed E-state index contributed by atoms with van der Waals surface area (Å²) in [5, 5.41) is 9.20. The number of benzene rings is 1. The number of ether oxygens (including phenoxy) is 1. The number of primary amides is 1. The lowest BCUT2D eigenvalue weighted by atomic mass is 10.1. The predicted octanol–water partition coefficient (Wildman–Crippen LogP) is 1.64. The molecule has 0 heterocycles. The van der Waals surface area contributed by atoms with Gasteiger partial charge in [-0.25, -0.2) is 0 Å². The fourth-order valence-electron chi connectivity index (χ4n) is 1.62. The second-order valence-electron chi connectivity index (χ2n) is 4.45. The van der Waals surface area contributed by atoms with Gasteiger partial charge in [0, 0.05) is 0 Å². The van der Waals surface area contributed by atoms with Gasteiger partial charge in [-0.05, 0) is 43.9 Å². The molecule has 0 saturated heterocycles. The Morgan fingerprint density at radius 1 is 1.39 bits per heavy atom. The van der Waals surface area contributed by atoms with E-state index in [1.165, 1.54) is 0 Å². The molecular weight excluding hydrogens is 230 g/mol. The third-order valence-corrected chi connectivity index (χ3v) is 2.74. The van der Waals surface area contributed by atoms with Crippen LogP contribution in [0.4, 0.5) is 0 Å². The van der Waals surface area contributed by atoms with Gasteiger partial charge in [0.15, 0.2) is 6.10 Å². The summed E-state index contributed by atoms with van der Waals surface area (Å²) in [5.74, 6) is 0.192. The quantitative estimate of drug-likeness (QED) is 0.773. The molecule has 3 N–H and O–H groups in total. The SMILES string of the molecule is CCC(Oc1ccc(CCC(C)O)cc1)C(N)=O. The van der Waals surface area contributed by atoms with Gasteiger partial charge in [-0.1, -0.05) is 19.1 Å². The van der Waals surface area contributed by atoms with Gasteiger partial charge in [0.1, 0.15) is 5.75 Å². The zero-order valence-electron chi connectivity index (χ0n) is 10.9. The average molecular weight is 251 g/mol. The molecule has 0 aliphatic carbocycles. The minimum atomic E-state index is -0.576. The molecule has 18 heavy (non-hydrogen) atoms. The second kappa shape index (κ2) is 7.01. The Morgan fingerprint density at radius 2 is 2.00 bits per heavy atom. The zero-order chi connectivity index (χ0) is 13.5. The van der Waals surface area contributed by atoms with Crippen LogP contribution in [0.1, 0.15) is 32.3 Å². The molecule has 0 radical (unpaired) electrons. The number of aryl methyl sites for hydroxylation is 1. The maximum absolute atomic E-state index is 11.0. The summed E-state index contributed by atoms with van der Waals surface area (Å²) in [5.41, 5.74) is 6.35. The van der Waals surface area contributed by atoms with Crippen LogP contribution >= 0.6 is 0 Å². The van der Waals surface area contributed by atoms with Crippen LogP contribution in [0.15, 0.2) is 24.3 Å². The summed E-state index contributed by atoms with van der Waals surface area (Å²) in [6.07, 6.45) is 1.25. The lowest BCUT2D eigenvalue weighted by molar-refractivity contribution is -0.124. The van der Waals surface area contributed by atoms with E-state index in [9.17, 15) is 9.90 Å². The first-order chi connectivity index (χ1) is 8.52. The third-order valence-electron chi connectivity index (χ3n) is 2.74. The number of hydrogen-bond acceptors (Lipinski definition) is 3. The standard InChI is InChI=1S/C14H21NO3/c1-3-13(14(15)17)18-12-8-6-11(7-9-12)5-4-10(2)16/h6-10,13,16H,3-5H2,1-2H3,(H2,15,17). The van der Waals surface area contributed by atoms with Gasteiger partial charge < -0.3 is 15.6 Å². The normalized spacial score (nSPS) is 13.9. The van der Waals surface area contributed by atoms with Crippen LogP contribution in [0.3, 0.4) is 0 Å². The lowest BCUT2D eigenvalue weighted by Crippen LogP contribution is -2.32. The minimum Gasteiger partial charge on any atom is -0.481 e. The molecule has 4 heteroatoms. The third kappa shape index (κ3) is 4.75. The van der Waals surface area contributed by atoms with Gasteiger partial charge in [-0.2, -0.15) is 0 Å². The summed E-state index contributed by atoms with van der Waals surface area (Å²) in [6.45, 7) is 3.63. The van der Waals surface area contributed by atoms with Gasteiger partial charge in [0.25, 0.3) is 5.91 Å². The number of carbonyl (C=O) groups excluding carboxylic acids is 1. The lowest BCUT2D eigenvalue weighted by Gasteiger charge is -2.14. The maximum atomic E-state index is 11.0. The smallest absolute Gasteiger partial charge is 0.258 e. The van der Waals surface area contributed by atoms with E-state index in [2.05, 4.69) is 0 Å². The molecule has 2 unspecified atom stereocenters. The summed E-state index contributed by atoms with van der Waals surface area (Å²) >= 11 is 0. The largest absolute Gasteiger partial charge is 0.481 e. The molecule has 0 aliphatic rings. The molecule has 1 amide bonds. The van der Waals surface area contributed by atoms with Crippen molar-refractivity contribution in [2.45, 2.75) is 45.3 Å². The highest BCUT2D eigenvalue weighted by molar-refractivity contribution is 5.79. The number of nitrogens with two attached hydrogens (primary N) is 1. The number of amides is 1. The second-order valence-corrected chi connectivity index (χ2v) is 4.45. The zero-order valence-corrected chi connectivity index (χ0v) is 10.9. The molecule has 100 valence electrons. The first kappa shape index (κ1) is 14.5. The molecule has 0 fully saturated rings. The topological polar surface area (TPSA) is 72.6 Å². The number of hydrogen-bond donors (Lipinski definition) is 2. The highest BCUT2D eigenvalue weighted by Crippen LogP contribution is 2.16. The summed E-state index contributed by atoms with van der Waals surface area (Å²) in [7, 11) is 0. The maximum Gasteiger partial charge on any atom is 0.258 e. The molecule has 0 saturated carbocycles. The van der Waals surface area contributed by atoms with Crippen molar-refractivity contribution < 1.29 is 14.6 Å². The molecule has 1 aromatic carbocycles. The van der Waals surface area contributed by atoms with Gasteiger partial charge in [-0.3, -0.25) is 4.79 Å². The fourth-order valence-corrected chi connectivity index (χ4v) is 1.62. The van der Waals surface area contributed by atoms with E-state index in [0.717, 1.165) is 18.4 Å². The average Bonchev–Trinajstić information content (AvgIpc) is 2.34. The fraction of sp³-hybridized carbons (Fsp3) is 0.500. The van der Waals surface area contributed by atoms with Crippen LogP contribution < -0.4 is 10.5 Å². The molecule has 1 aromatic rings. The molecule has 0 aromatic heterocycles. The molecule has 4 nitrogen and oxygen atoms in total. The van der Waals surface area contributed by atoms with Crippen LogP contribution in [0, 0.1) is 0 Å². The first-order valence-corrected chi connectivity index (χ1v) is 6.26. The summed E-state index contributed by atoms with van der Waals surface area (Å²) in [4.78, 5) is 11.0.